The quantitative estimate of drug-likeness (QED) is 0.0328. The average Bonchev–Trinajstić information content (AvgIpc) is 3.28. The molecule has 2 aromatic rings. The van der Waals surface area contributed by atoms with Gasteiger partial charge in [-0.3, -0.25) is 0 Å². The van der Waals surface area contributed by atoms with Crippen LogP contribution in [0.4, 0.5) is 0 Å². The Hall–Kier alpha value is -1.18. The zero-order chi connectivity index (χ0) is 45.5. The Balaban J connectivity index is 1.97. The minimum atomic E-state index is -2.75. The fraction of sp³-hybridized carbons (Fsp3) is 0.774. The molecule has 0 spiro atoms. The fourth-order valence-corrected chi connectivity index (χ4v) is 9.70. The van der Waals surface area contributed by atoms with Gasteiger partial charge >= 0.3 is 17.2 Å². The van der Waals surface area contributed by atoms with Crippen molar-refractivity contribution in [3.8, 4) is 5.75 Å². The van der Waals surface area contributed by atoms with Gasteiger partial charge in [-0.05, 0) is 48.4 Å². The van der Waals surface area contributed by atoms with Gasteiger partial charge in [0, 0.05) is 0 Å². The summed E-state index contributed by atoms with van der Waals surface area (Å²) in [5.74, 6) is 0.684. The molecule has 364 valence electrons. The molecule has 8 nitrogen and oxygen atoms in total. The van der Waals surface area contributed by atoms with Gasteiger partial charge in [-0.2, -0.15) is 0 Å². The van der Waals surface area contributed by atoms with E-state index in [-0.39, 0.29) is 13.2 Å². The lowest BCUT2D eigenvalue weighted by Crippen LogP contribution is -2.44. The van der Waals surface area contributed by atoms with Crippen molar-refractivity contribution < 1.29 is 38.5 Å². The number of aliphatic hydroxyl groups is 1. The van der Waals surface area contributed by atoms with E-state index in [9.17, 15) is 24.7 Å². The Labute approximate surface area is 388 Å². The van der Waals surface area contributed by atoms with E-state index in [2.05, 4.69) is 26.0 Å². The number of rotatable bonds is 45. The first-order valence-corrected chi connectivity index (χ1v) is 28.2. The van der Waals surface area contributed by atoms with Crippen LogP contribution in [0.2, 0.25) is 0 Å². The standard InChI is InChI=1S/C53H94O8P2/c1-3-5-7-9-11-13-15-17-19-21-23-25-27-29-31-33-39-48-40-35-37-43-50(48)52(53(45-54,46-59-62(55)56)47-60-63(57)58)61-51-44-38-36-42-49(51)41-34-32-30-28-26-24-22-20-18-16-14-12-10-8-6-4-2/h35-38,40,42-44,52,54-58H,3-34,39,41,45-47H2,1-2H3. The van der Waals surface area contributed by atoms with E-state index in [1.54, 1.807) is 0 Å². The van der Waals surface area contributed by atoms with Gasteiger partial charge in [0.25, 0.3) is 0 Å². The Morgan fingerprint density at radius 2 is 0.746 bits per heavy atom. The topological polar surface area (TPSA) is 129 Å². The minimum absolute atomic E-state index is 0.329. The molecule has 0 saturated carbocycles. The zero-order valence-electron chi connectivity index (χ0n) is 40.2. The molecule has 2 rings (SSSR count). The summed E-state index contributed by atoms with van der Waals surface area (Å²) in [4.78, 5) is 39.4. The van der Waals surface area contributed by atoms with Crippen LogP contribution in [-0.4, -0.2) is 44.5 Å². The second kappa shape index (κ2) is 39.9. The monoisotopic (exact) mass is 921 g/mol. The van der Waals surface area contributed by atoms with Gasteiger partial charge in [0.15, 0.2) is 0 Å². The Bertz CT molecular complexity index is 1300. The lowest BCUT2D eigenvalue weighted by Gasteiger charge is -2.40. The number of ether oxygens (including phenoxy) is 1. The molecule has 0 saturated heterocycles. The van der Waals surface area contributed by atoms with Crippen LogP contribution in [0.5, 0.6) is 5.75 Å². The Morgan fingerprint density at radius 1 is 0.429 bits per heavy atom. The highest BCUT2D eigenvalue weighted by Crippen LogP contribution is 2.45. The molecule has 5 N–H and O–H groups in total. The van der Waals surface area contributed by atoms with Crippen LogP contribution in [0, 0.1) is 5.41 Å². The number of hydrogen-bond donors (Lipinski definition) is 5. The van der Waals surface area contributed by atoms with E-state index in [0.717, 1.165) is 55.2 Å². The number of aryl methyl sites for hydroxylation is 2. The Kier molecular flexibility index (Phi) is 36.7. The van der Waals surface area contributed by atoms with Gasteiger partial charge in [0.05, 0.1) is 25.2 Å². The predicted octanol–water partition coefficient (Wildman–Crippen LogP) is 15.8. The summed E-state index contributed by atoms with van der Waals surface area (Å²) in [7, 11) is -5.51. The lowest BCUT2D eigenvalue weighted by molar-refractivity contribution is -0.0659. The molecule has 63 heavy (non-hydrogen) atoms. The maximum atomic E-state index is 11.1. The highest BCUT2D eigenvalue weighted by Gasteiger charge is 2.45. The van der Waals surface area contributed by atoms with Crippen LogP contribution >= 0.6 is 17.2 Å². The number of unbranched alkanes of at least 4 members (excludes halogenated alkanes) is 30. The van der Waals surface area contributed by atoms with Crippen LogP contribution < -0.4 is 4.74 Å². The van der Waals surface area contributed by atoms with E-state index in [0.29, 0.717) is 5.75 Å². The summed E-state index contributed by atoms with van der Waals surface area (Å²) in [6.45, 7) is 3.38. The fourth-order valence-electron chi connectivity index (χ4n) is 8.96. The second-order valence-electron chi connectivity index (χ2n) is 18.5. The van der Waals surface area contributed by atoms with Crippen molar-refractivity contribution in [2.75, 3.05) is 19.8 Å². The molecular weight excluding hydrogens is 827 g/mol. The van der Waals surface area contributed by atoms with E-state index < -0.39 is 35.3 Å². The molecular formula is C53H94O8P2. The van der Waals surface area contributed by atoms with Crippen LogP contribution in [-0.2, 0) is 21.9 Å². The number of para-hydroxylation sites is 1. The van der Waals surface area contributed by atoms with Gasteiger partial charge in [0.1, 0.15) is 11.9 Å². The summed E-state index contributed by atoms with van der Waals surface area (Å²) in [6, 6.07) is 16.1. The third kappa shape index (κ3) is 28.6. The largest absolute Gasteiger partial charge is 0.485 e. The summed E-state index contributed by atoms with van der Waals surface area (Å²) in [6.07, 6.45) is 42.9. The van der Waals surface area contributed by atoms with E-state index in [1.807, 2.05) is 36.4 Å². The predicted molar refractivity (Wildman–Crippen MR) is 267 cm³/mol. The summed E-state index contributed by atoms with van der Waals surface area (Å²) < 4.78 is 17.8. The molecule has 0 radical (unpaired) electrons. The van der Waals surface area contributed by atoms with Crippen LogP contribution in [0.25, 0.3) is 0 Å². The molecule has 10 heteroatoms. The summed E-state index contributed by atoms with van der Waals surface area (Å²) >= 11 is 0. The maximum absolute atomic E-state index is 11.1. The highest BCUT2D eigenvalue weighted by molar-refractivity contribution is 7.39. The van der Waals surface area contributed by atoms with Gasteiger partial charge in [-0.25, -0.2) is 0 Å². The smallest absolute Gasteiger partial charge is 0.327 e. The molecule has 0 aliphatic rings. The van der Waals surface area contributed by atoms with Crippen LogP contribution in [0.15, 0.2) is 48.5 Å². The van der Waals surface area contributed by atoms with Gasteiger partial charge in [0.2, 0.25) is 0 Å². The molecule has 1 unspecified atom stereocenters. The Morgan fingerprint density at radius 3 is 1.11 bits per heavy atom. The van der Waals surface area contributed by atoms with Crippen LogP contribution in [0.3, 0.4) is 0 Å². The van der Waals surface area contributed by atoms with Crippen molar-refractivity contribution in [2.24, 2.45) is 5.41 Å². The normalized spacial score (nSPS) is 12.5. The van der Waals surface area contributed by atoms with Gasteiger partial charge in [-0.15, -0.1) is 0 Å². The summed E-state index contributed by atoms with van der Waals surface area (Å²) in [5, 5.41) is 11.1. The maximum Gasteiger partial charge on any atom is 0.327 e. The molecule has 1 atom stereocenters. The first kappa shape index (κ1) is 57.9. The second-order valence-corrected chi connectivity index (χ2v) is 20.0. The van der Waals surface area contributed by atoms with Gasteiger partial charge < -0.3 is 38.5 Å². The molecule has 0 aliphatic heterocycles. The van der Waals surface area contributed by atoms with Crippen molar-refractivity contribution in [1.29, 1.82) is 0 Å². The van der Waals surface area contributed by atoms with Crippen molar-refractivity contribution >= 4 is 17.2 Å². The third-order valence-electron chi connectivity index (χ3n) is 13.0. The SMILES string of the molecule is CCCCCCCCCCCCCCCCCCc1ccccc1OC(c1ccccc1CCCCCCCCCCCCCCCCCC)C(CO)(COP(O)O)COP(O)O. The van der Waals surface area contributed by atoms with Crippen molar-refractivity contribution in [3.05, 3.63) is 65.2 Å². The molecule has 0 heterocycles. The minimum Gasteiger partial charge on any atom is -0.485 e. The molecule has 0 fully saturated rings. The highest BCUT2D eigenvalue weighted by atomic mass is 31.2. The van der Waals surface area contributed by atoms with Crippen molar-refractivity contribution in [1.82, 2.24) is 0 Å². The van der Waals surface area contributed by atoms with Gasteiger partial charge in [-0.1, -0.05) is 249 Å². The molecule has 0 aliphatic carbocycles. The first-order valence-electron chi connectivity index (χ1n) is 25.9. The van der Waals surface area contributed by atoms with E-state index >= 15 is 0 Å². The lowest BCUT2D eigenvalue weighted by atomic mass is 9.78. The molecule has 0 amide bonds. The first-order chi connectivity index (χ1) is 30.9. The number of aliphatic hydroxyl groups excluding tert-OH is 1. The van der Waals surface area contributed by atoms with Crippen LogP contribution in [0.1, 0.15) is 242 Å². The van der Waals surface area contributed by atoms with Crippen molar-refractivity contribution in [2.45, 2.75) is 238 Å². The van der Waals surface area contributed by atoms with E-state index in [4.69, 9.17) is 13.8 Å². The van der Waals surface area contributed by atoms with E-state index in [1.165, 1.54) is 180 Å². The average molecular weight is 921 g/mol. The summed E-state index contributed by atoms with van der Waals surface area (Å²) in [5.41, 5.74) is 1.60. The molecule has 2 aromatic carbocycles. The number of benzene rings is 2. The zero-order valence-corrected chi connectivity index (χ0v) is 42.0. The third-order valence-corrected chi connectivity index (χ3v) is 13.7. The number of hydrogen-bond acceptors (Lipinski definition) is 8. The molecule has 0 bridgehead atoms. The van der Waals surface area contributed by atoms with Crippen molar-refractivity contribution in [3.63, 3.8) is 0 Å². The molecule has 0 aromatic heterocycles.